The van der Waals surface area contributed by atoms with E-state index in [-0.39, 0.29) is 5.82 Å². The van der Waals surface area contributed by atoms with Gasteiger partial charge in [0.05, 0.1) is 0 Å². The summed E-state index contributed by atoms with van der Waals surface area (Å²) in [7, 11) is 0. The standard InChI is InChI=1S/C9H13F2N3/c10-8(11)9-13-5-7(14-9)6-1-3-12-4-2-6/h5-6,8,12H,1-4H2,(H,13,14). The van der Waals surface area contributed by atoms with Crippen LogP contribution in [0.5, 0.6) is 0 Å². The molecular weight excluding hydrogens is 188 g/mol. The number of aromatic amines is 1. The zero-order chi connectivity index (χ0) is 9.97. The Kier molecular flexibility index (Phi) is 2.77. The molecule has 0 amide bonds. The van der Waals surface area contributed by atoms with Crippen molar-refractivity contribution in [1.29, 1.82) is 0 Å². The number of nitrogens with zero attached hydrogens (tertiary/aromatic N) is 1. The van der Waals surface area contributed by atoms with Crippen molar-refractivity contribution in [2.75, 3.05) is 13.1 Å². The molecule has 1 saturated heterocycles. The largest absolute Gasteiger partial charge is 0.341 e. The number of aromatic nitrogens is 2. The minimum Gasteiger partial charge on any atom is -0.341 e. The summed E-state index contributed by atoms with van der Waals surface area (Å²) >= 11 is 0. The Labute approximate surface area is 80.9 Å². The van der Waals surface area contributed by atoms with Gasteiger partial charge in [0, 0.05) is 17.8 Å². The van der Waals surface area contributed by atoms with Crippen LogP contribution in [-0.4, -0.2) is 23.1 Å². The van der Waals surface area contributed by atoms with Gasteiger partial charge in [0.25, 0.3) is 6.43 Å². The molecule has 0 unspecified atom stereocenters. The summed E-state index contributed by atoms with van der Waals surface area (Å²) in [4.78, 5) is 6.36. The van der Waals surface area contributed by atoms with Gasteiger partial charge in [0.2, 0.25) is 0 Å². The fraction of sp³-hybridized carbons (Fsp3) is 0.667. The molecule has 14 heavy (non-hydrogen) atoms. The van der Waals surface area contributed by atoms with E-state index in [0.29, 0.717) is 5.92 Å². The lowest BCUT2D eigenvalue weighted by Gasteiger charge is -2.21. The zero-order valence-electron chi connectivity index (χ0n) is 7.76. The van der Waals surface area contributed by atoms with E-state index in [4.69, 9.17) is 0 Å². The van der Waals surface area contributed by atoms with Crippen molar-refractivity contribution >= 4 is 0 Å². The number of hydrogen-bond donors (Lipinski definition) is 2. The van der Waals surface area contributed by atoms with Crippen molar-refractivity contribution in [3.8, 4) is 0 Å². The average Bonchev–Trinajstić information content (AvgIpc) is 2.68. The number of alkyl halides is 2. The summed E-state index contributed by atoms with van der Waals surface area (Å²) in [6.45, 7) is 1.90. The maximum atomic E-state index is 12.2. The number of halogens is 2. The van der Waals surface area contributed by atoms with Gasteiger partial charge in [0.1, 0.15) is 0 Å². The molecule has 0 aliphatic carbocycles. The van der Waals surface area contributed by atoms with Gasteiger partial charge in [-0.05, 0) is 25.9 Å². The molecule has 3 nitrogen and oxygen atoms in total. The van der Waals surface area contributed by atoms with Gasteiger partial charge in [-0.25, -0.2) is 13.8 Å². The molecule has 78 valence electrons. The van der Waals surface area contributed by atoms with Crippen molar-refractivity contribution in [2.45, 2.75) is 25.2 Å². The quantitative estimate of drug-likeness (QED) is 0.766. The van der Waals surface area contributed by atoms with Crippen molar-refractivity contribution in [1.82, 2.24) is 15.3 Å². The fourth-order valence-corrected chi connectivity index (χ4v) is 1.80. The second-order valence-corrected chi connectivity index (χ2v) is 3.55. The van der Waals surface area contributed by atoms with Gasteiger partial charge in [-0.1, -0.05) is 0 Å². The summed E-state index contributed by atoms with van der Waals surface area (Å²) in [5.41, 5.74) is 0.849. The predicted octanol–water partition coefficient (Wildman–Crippen LogP) is 1.81. The Morgan fingerprint density at radius 2 is 2.07 bits per heavy atom. The van der Waals surface area contributed by atoms with Crippen molar-refractivity contribution in [2.24, 2.45) is 0 Å². The van der Waals surface area contributed by atoms with E-state index in [1.807, 2.05) is 0 Å². The van der Waals surface area contributed by atoms with E-state index < -0.39 is 6.43 Å². The Bertz CT molecular complexity index is 292. The number of H-pyrrole nitrogens is 1. The molecule has 0 atom stereocenters. The number of piperidine rings is 1. The lowest BCUT2D eigenvalue weighted by Crippen LogP contribution is -2.26. The third kappa shape index (κ3) is 1.92. The molecule has 0 radical (unpaired) electrons. The maximum Gasteiger partial charge on any atom is 0.295 e. The number of rotatable bonds is 2. The summed E-state index contributed by atoms with van der Waals surface area (Å²) in [6, 6.07) is 0. The normalized spacial score (nSPS) is 19.1. The van der Waals surface area contributed by atoms with Gasteiger partial charge in [0.15, 0.2) is 5.82 Å². The Morgan fingerprint density at radius 3 is 2.64 bits per heavy atom. The number of nitrogens with one attached hydrogen (secondary N) is 2. The van der Waals surface area contributed by atoms with Crippen LogP contribution in [0, 0.1) is 0 Å². The van der Waals surface area contributed by atoms with E-state index in [2.05, 4.69) is 15.3 Å². The molecule has 1 fully saturated rings. The molecule has 2 heterocycles. The molecule has 0 aromatic carbocycles. The van der Waals surface area contributed by atoms with E-state index in [1.54, 1.807) is 0 Å². The van der Waals surface area contributed by atoms with E-state index in [1.165, 1.54) is 6.20 Å². The van der Waals surface area contributed by atoms with Crippen LogP contribution in [0.15, 0.2) is 6.20 Å². The van der Waals surface area contributed by atoms with Gasteiger partial charge in [-0.2, -0.15) is 0 Å². The van der Waals surface area contributed by atoms with Gasteiger partial charge in [-0.3, -0.25) is 0 Å². The molecule has 1 aromatic heterocycles. The van der Waals surface area contributed by atoms with E-state index >= 15 is 0 Å². The van der Waals surface area contributed by atoms with Crippen LogP contribution in [0.2, 0.25) is 0 Å². The highest BCUT2D eigenvalue weighted by Gasteiger charge is 2.19. The number of imidazole rings is 1. The first-order valence-corrected chi connectivity index (χ1v) is 4.81. The molecular formula is C9H13F2N3. The maximum absolute atomic E-state index is 12.2. The first kappa shape index (κ1) is 9.58. The van der Waals surface area contributed by atoms with Crippen molar-refractivity contribution in [3.63, 3.8) is 0 Å². The molecule has 1 aliphatic heterocycles. The van der Waals surface area contributed by atoms with Crippen LogP contribution < -0.4 is 5.32 Å². The molecule has 1 aromatic rings. The van der Waals surface area contributed by atoms with Crippen LogP contribution in [0.1, 0.15) is 36.7 Å². The minimum absolute atomic E-state index is 0.210. The van der Waals surface area contributed by atoms with Gasteiger partial charge in [-0.15, -0.1) is 0 Å². The highest BCUT2D eigenvalue weighted by molar-refractivity contribution is 5.09. The Balaban J connectivity index is 2.07. The van der Waals surface area contributed by atoms with Crippen molar-refractivity contribution in [3.05, 3.63) is 17.7 Å². The topological polar surface area (TPSA) is 40.7 Å². The van der Waals surface area contributed by atoms with Gasteiger partial charge < -0.3 is 10.3 Å². The minimum atomic E-state index is -2.49. The van der Waals surface area contributed by atoms with Crippen molar-refractivity contribution < 1.29 is 8.78 Å². The zero-order valence-corrected chi connectivity index (χ0v) is 7.76. The smallest absolute Gasteiger partial charge is 0.295 e. The summed E-state index contributed by atoms with van der Waals surface area (Å²) < 4.78 is 24.5. The third-order valence-electron chi connectivity index (χ3n) is 2.60. The van der Waals surface area contributed by atoms with Crippen LogP contribution in [0.25, 0.3) is 0 Å². The number of hydrogen-bond acceptors (Lipinski definition) is 2. The lowest BCUT2D eigenvalue weighted by molar-refractivity contribution is 0.141. The molecule has 0 saturated carbocycles. The predicted molar refractivity (Wildman–Crippen MR) is 48.4 cm³/mol. The molecule has 1 aliphatic rings. The Morgan fingerprint density at radius 1 is 1.36 bits per heavy atom. The second-order valence-electron chi connectivity index (χ2n) is 3.55. The first-order valence-electron chi connectivity index (χ1n) is 4.81. The monoisotopic (exact) mass is 201 g/mol. The third-order valence-corrected chi connectivity index (χ3v) is 2.60. The highest BCUT2D eigenvalue weighted by atomic mass is 19.3. The summed E-state index contributed by atoms with van der Waals surface area (Å²) in [5.74, 6) is 0.148. The molecule has 2 N–H and O–H groups in total. The fourth-order valence-electron chi connectivity index (χ4n) is 1.80. The van der Waals surface area contributed by atoms with Crippen LogP contribution in [0.3, 0.4) is 0 Å². The lowest BCUT2D eigenvalue weighted by atomic mass is 9.95. The average molecular weight is 201 g/mol. The highest BCUT2D eigenvalue weighted by Crippen LogP contribution is 2.25. The Hall–Kier alpha value is -0.970. The van der Waals surface area contributed by atoms with Gasteiger partial charge >= 0.3 is 0 Å². The molecule has 0 spiro atoms. The molecule has 0 bridgehead atoms. The van der Waals surface area contributed by atoms with Crippen LogP contribution in [-0.2, 0) is 0 Å². The van der Waals surface area contributed by atoms with E-state index in [9.17, 15) is 8.78 Å². The molecule has 5 heteroatoms. The molecule has 2 rings (SSSR count). The van der Waals surface area contributed by atoms with Crippen LogP contribution in [0.4, 0.5) is 8.78 Å². The van der Waals surface area contributed by atoms with Crippen LogP contribution >= 0.6 is 0 Å². The summed E-state index contributed by atoms with van der Waals surface area (Å²) in [5, 5.41) is 3.23. The second kappa shape index (κ2) is 4.04. The SMILES string of the molecule is FC(F)c1ncc(C2CCNCC2)[nH]1. The first-order chi connectivity index (χ1) is 6.77. The van der Waals surface area contributed by atoms with E-state index in [0.717, 1.165) is 31.6 Å². The summed E-state index contributed by atoms with van der Waals surface area (Å²) in [6.07, 6.45) is 1.03.